The first-order chi connectivity index (χ1) is 10.2. The fourth-order valence-corrected chi connectivity index (χ4v) is 2.05. The van der Waals surface area contributed by atoms with Crippen molar-refractivity contribution in [3.8, 4) is 17.1 Å². The standard InChI is InChI=1S/C15H16N4O2/c1-19-10-12(9-16-19)15-17-14(21-18-15)8-5-11-3-6-13(20-2)7-4-11/h3-4,6-7,9-10H,5,8H2,1-2H3. The molecule has 6 heteroatoms. The van der Waals surface area contributed by atoms with Crippen LogP contribution in [0.1, 0.15) is 11.5 Å². The molecule has 0 unspecified atom stereocenters. The van der Waals surface area contributed by atoms with E-state index in [0.29, 0.717) is 18.1 Å². The average molecular weight is 284 g/mol. The molecule has 1 aromatic carbocycles. The van der Waals surface area contributed by atoms with E-state index in [1.165, 1.54) is 5.56 Å². The quantitative estimate of drug-likeness (QED) is 0.719. The predicted molar refractivity (Wildman–Crippen MR) is 76.9 cm³/mol. The van der Waals surface area contributed by atoms with Gasteiger partial charge in [0.25, 0.3) is 0 Å². The summed E-state index contributed by atoms with van der Waals surface area (Å²) in [6.07, 6.45) is 5.13. The van der Waals surface area contributed by atoms with Gasteiger partial charge in [-0.2, -0.15) is 10.1 Å². The molecule has 0 saturated heterocycles. The van der Waals surface area contributed by atoms with E-state index in [1.54, 1.807) is 18.0 Å². The predicted octanol–water partition coefficient (Wildman–Crippen LogP) is 2.26. The molecule has 2 aromatic heterocycles. The summed E-state index contributed by atoms with van der Waals surface area (Å²) in [5.74, 6) is 2.06. The van der Waals surface area contributed by atoms with Gasteiger partial charge in [0.05, 0.1) is 18.9 Å². The van der Waals surface area contributed by atoms with Crippen LogP contribution in [0.25, 0.3) is 11.4 Å². The maximum Gasteiger partial charge on any atom is 0.227 e. The lowest BCUT2D eigenvalue weighted by atomic mass is 10.1. The number of aryl methyl sites for hydroxylation is 3. The van der Waals surface area contributed by atoms with Crippen LogP contribution in [-0.4, -0.2) is 27.0 Å². The molecule has 6 nitrogen and oxygen atoms in total. The van der Waals surface area contributed by atoms with Crippen LogP contribution in [0, 0.1) is 0 Å². The maximum atomic E-state index is 5.27. The van der Waals surface area contributed by atoms with Gasteiger partial charge in [0.2, 0.25) is 11.7 Å². The lowest BCUT2D eigenvalue weighted by molar-refractivity contribution is 0.379. The summed E-state index contributed by atoms with van der Waals surface area (Å²) in [4.78, 5) is 4.39. The van der Waals surface area contributed by atoms with Crippen LogP contribution in [0.3, 0.4) is 0 Å². The lowest BCUT2D eigenvalue weighted by Crippen LogP contribution is -1.92. The second-order valence-corrected chi connectivity index (χ2v) is 4.76. The molecule has 0 aliphatic heterocycles. The summed E-state index contributed by atoms with van der Waals surface area (Å²) in [5.41, 5.74) is 2.06. The van der Waals surface area contributed by atoms with Crippen LogP contribution in [0.4, 0.5) is 0 Å². The highest BCUT2D eigenvalue weighted by Crippen LogP contribution is 2.16. The van der Waals surface area contributed by atoms with E-state index in [2.05, 4.69) is 15.2 Å². The highest BCUT2D eigenvalue weighted by Gasteiger charge is 2.10. The van der Waals surface area contributed by atoms with E-state index in [1.807, 2.05) is 37.5 Å². The summed E-state index contributed by atoms with van der Waals surface area (Å²) in [7, 11) is 3.52. The largest absolute Gasteiger partial charge is 0.497 e. The SMILES string of the molecule is COc1ccc(CCc2nc(-c3cnn(C)c3)no2)cc1. The van der Waals surface area contributed by atoms with Gasteiger partial charge in [0.1, 0.15) is 5.75 Å². The molecule has 0 aliphatic rings. The Labute approximate surface area is 122 Å². The second kappa shape index (κ2) is 5.78. The third-order valence-corrected chi connectivity index (χ3v) is 3.22. The first-order valence-corrected chi connectivity index (χ1v) is 6.69. The van der Waals surface area contributed by atoms with Crippen molar-refractivity contribution in [1.29, 1.82) is 0 Å². The van der Waals surface area contributed by atoms with Crippen molar-refractivity contribution in [3.05, 3.63) is 48.1 Å². The molecule has 3 aromatic rings. The van der Waals surface area contributed by atoms with E-state index >= 15 is 0 Å². The number of rotatable bonds is 5. The Hall–Kier alpha value is -2.63. The Morgan fingerprint density at radius 1 is 1.19 bits per heavy atom. The number of hydrogen-bond acceptors (Lipinski definition) is 5. The van der Waals surface area contributed by atoms with Gasteiger partial charge in [-0.3, -0.25) is 4.68 Å². The van der Waals surface area contributed by atoms with Crippen LogP contribution < -0.4 is 4.74 Å². The molecule has 108 valence electrons. The molecule has 0 radical (unpaired) electrons. The minimum absolute atomic E-state index is 0.577. The second-order valence-electron chi connectivity index (χ2n) is 4.76. The topological polar surface area (TPSA) is 66.0 Å². The first kappa shape index (κ1) is 13.4. The third-order valence-electron chi connectivity index (χ3n) is 3.22. The van der Waals surface area contributed by atoms with Crippen molar-refractivity contribution >= 4 is 0 Å². The van der Waals surface area contributed by atoms with Gasteiger partial charge in [0, 0.05) is 19.7 Å². The van der Waals surface area contributed by atoms with E-state index in [0.717, 1.165) is 17.7 Å². The molecule has 0 fully saturated rings. The van der Waals surface area contributed by atoms with Crippen LogP contribution >= 0.6 is 0 Å². The first-order valence-electron chi connectivity index (χ1n) is 6.69. The number of hydrogen-bond donors (Lipinski definition) is 0. The minimum atomic E-state index is 0.577. The molecule has 0 N–H and O–H groups in total. The van der Waals surface area contributed by atoms with Crippen LogP contribution in [0.15, 0.2) is 41.2 Å². The molecule has 0 bridgehead atoms. The monoisotopic (exact) mass is 284 g/mol. The fraction of sp³-hybridized carbons (Fsp3) is 0.267. The molecule has 0 amide bonds. The summed E-state index contributed by atoms with van der Waals surface area (Å²) >= 11 is 0. The van der Waals surface area contributed by atoms with Crippen LogP contribution in [-0.2, 0) is 19.9 Å². The Morgan fingerprint density at radius 2 is 2.00 bits per heavy atom. The van der Waals surface area contributed by atoms with Gasteiger partial charge in [-0.1, -0.05) is 17.3 Å². The van der Waals surface area contributed by atoms with Crippen molar-refractivity contribution in [1.82, 2.24) is 19.9 Å². The van der Waals surface area contributed by atoms with Gasteiger partial charge in [-0.05, 0) is 24.1 Å². The minimum Gasteiger partial charge on any atom is -0.497 e. The molecule has 21 heavy (non-hydrogen) atoms. The number of nitrogens with zero attached hydrogens (tertiary/aromatic N) is 4. The Kier molecular flexibility index (Phi) is 3.68. The Balaban J connectivity index is 1.64. The van der Waals surface area contributed by atoms with Gasteiger partial charge in [-0.15, -0.1) is 0 Å². The van der Waals surface area contributed by atoms with Crippen molar-refractivity contribution in [3.63, 3.8) is 0 Å². The van der Waals surface area contributed by atoms with Gasteiger partial charge < -0.3 is 9.26 Å². The number of aromatic nitrogens is 4. The van der Waals surface area contributed by atoms with E-state index in [9.17, 15) is 0 Å². The fourth-order valence-electron chi connectivity index (χ4n) is 2.05. The average Bonchev–Trinajstić information content (AvgIpc) is 3.14. The zero-order chi connectivity index (χ0) is 14.7. The van der Waals surface area contributed by atoms with Crippen molar-refractivity contribution in [2.75, 3.05) is 7.11 Å². The Morgan fingerprint density at radius 3 is 2.67 bits per heavy atom. The zero-order valence-corrected chi connectivity index (χ0v) is 12.0. The van der Waals surface area contributed by atoms with Crippen molar-refractivity contribution < 1.29 is 9.26 Å². The van der Waals surface area contributed by atoms with Crippen molar-refractivity contribution in [2.45, 2.75) is 12.8 Å². The van der Waals surface area contributed by atoms with Crippen LogP contribution in [0.5, 0.6) is 5.75 Å². The van der Waals surface area contributed by atoms with Crippen LogP contribution in [0.2, 0.25) is 0 Å². The maximum absolute atomic E-state index is 5.27. The van der Waals surface area contributed by atoms with Crippen molar-refractivity contribution in [2.24, 2.45) is 7.05 Å². The molecule has 0 atom stereocenters. The highest BCUT2D eigenvalue weighted by atomic mass is 16.5. The molecule has 3 rings (SSSR count). The lowest BCUT2D eigenvalue weighted by Gasteiger charge is -2.01. The van der Waals surface area contributed by atoms with Gasteiger partial charge in [-0.25, -0.2) is 0 Å². The zero-order valence-electron chi connectivity index (χ0n) is 12.0. The normalized spacial score (nSPS) is 10.8. The summed E-state index contributed by atoms with van der Waals surface area (Å²) in [6.45, 7) is 0. The molecular weight excluding hydrogens is 268 g/mol. The summed E-state index contributed by atoms with van der Waals surface area (Å²) in [5, 5.41) is 8.08. The smallest absolute Gasteiger partial charge is 0.227 e. The third kappa shape index (κ3) is 3.10. The summed E-state index contributed by atoms with van der Waals surface area (Å²) < 4.78 is 12.1. The molecule has 2 heterocycles. The number of benzene rings is 1. The van der Waals surface area contributed by atoms with E-state index in [4.69, 9.17) is 9.26 Å². The number of ether oxygens (including phenoxy) is 1. The molecular formula is C15H16N4O2. The van der Waals surface area contributed by atoms with Gasteiger partial charge >= 0.3 is 0 Å². The molecule has 0 aliphatic carbocycles. The highest BCUT2D eigenvalue weighted by molar-refractivity contribution is 5.50. The molecule has 0 spiro atoms. The van der Waals surface area contributed by atoms with Gasteiger partial charge in [0.15, 0.2) is 0 Å². The Bertz CT molecular complexity index is 715. The summed E-state index contributed by atoms with van der Waals surface area (Å²) in [6, 6.07) is 7.98. The molecule has 0 saturated carbocycles. The van der Waals surface area contributed by atoms with E-state index < -0.39 is 0 Å². The van der Waals surface area contributed by atoms with E-state index in [-0.39, 0.29) is 0 Å². The number of methoxy groups -OCH3 is 1.